The van der Waals surface area contributed by atoms with Crippen LogP contribution in [-0.2, 0) is 4.79 Å². The van der Waals surface area contributed by atoms with E-state index in [-0.39, 0.29) is 5.70 Å². The summed E-state index contributed by atoms with van der Waals surface area (Å²) in [6.45, 7) is 0. The highest BCUT2D eigenvalue weighted by Gasteiger charge is 2.25. The molecular formula is C23H19N7O2S. The smallest absolute Gasteiger partial charge is 0.326 e. The number of urea groups is 1. The average Bonchev–Trinajstić information content (AvgIpc) is 3.17. The minimum absolute atomic E-state index is 0.163. The van der Waals surface area contributed by atoms with E-state index in [2.05, 4.69) is 49.9 Å². The van der Waals surface area contributed by atoms with E-state index in [0.29, 0.717) is 23.1 Å². The van der Waals surface area contributed by atoms with E-state index in [4.69, 9.17) is 4.98 Å². The van der Waals surface area contributed by atoms with Crippen molar-refractivity contribution < 1.29 is 9.59 Å². The number of fused-ring (bicyclic) bond motifs is 1. The highest BCUT2D eigenvalue weighted by atomic mass is 32.1. The summed E-state index contributed by atoms with van der Waals surface area (Å²) in [4.78, 5) is 29.4. The fourth-order valence-electron chi connectivity index (χ4n) is 3.63. The number of carbonyl (C=O) groups is 2. The monoisotopic (exact) mass is 457 g/mol. The van der Waals surface area contributed by atoms with Gasteiger partial charge in [-0.25, -0.2) is 9.78 Å². The molecule has 6 rings (SSSR count). The summed E-state index contributed by atoms with van der Waals surface area (Å²) in [6, 6.07) is 14.1. The standard InChI is InChI=1S/C23H19N7O2S/c31-22-17(27-23(32)29-22)10-14-12-24-30-20(26-16-7-8-16)11-19(28-21(14)30)25-15-5-3-13(4-6-15)18-2-1-9-33-18/h1-6,9-12,16,26H,7-8H2,(H,25,28)(H2,27,29,31,32)/b17-10-. The Bertz CT molecular complexity index is 1400. The lowest BCUT2D eigenvalue weighted by Gasteiger charge is -2.12. The summed E-state index contributed by atoms with van der Waals surface area (Å²) in [6.07, 6.45) is 5.43. The van der Waals surface area contributed by atoms with Gasteiger partial charge in [0.05, 0.1) is 6.20 Å². The van der Waals surface area contributed by atoms with Crippen LogP contribution in [0.15, 0.2) is 59.7 Å². The molecule has 164 valence electrons. The lowest BCUT2D eigenvalue weighted by atomic mass is 10.2. The normalized spacial score (nSPS) is 16.8. The zero-order valence-electron chi connectivity index (χ0n) is 17.3. The quantitative estimate of drug-likeness (QED) is 0.258. The lowest BCUT2D eigenvalue weighted by Crippen LogP contribution is -2.22. The molecule has 3 aromatic heterocycles. The molecule has 2 fully saturated rings. The Morgan fingerprint density at radius 1 is 1.12 bits per heavy atom. The summed E-state index contributed by atoms with van der Waals surface area (Å²) in [7, 11) is 0. The van der Waals surface area contributed by atoms with E-state index in [0.717, 1.165) is 29.9 Å². The Morgan fingerprint density at radius 2 is 1.97 bits per heavy atom. The number of rotatable bonds is 6. The molecule has 4 N–H and O–H groups in total. The summed E-state index contributed by atoms with van der Waals surface area (Å²) >= 11 is 1.71. The number of thiophene rings is 1. The maximum Gasteiger partial charge on any atom is 0.326 e. The molecule has 1 aromatic carbocycles. The van der Waals surface area contributed by atoms with Crippen LogP contribution < -0.4 is 21.3 Å². The molecule has 1 saturated heterocycles. The zero-order chi connectivity index (χ0) is 22.4. The van der Waals surface area contributed by atoms with Crippen LogP contribution >= 0.6 is 11.3 Å². The van der Waals surface area contributed by atoms with E-state index >= 15 is 0 Å². The molecule has 4 heterocycles. The molecule has 0 spiro atoms. The fraction of sp³-hybridized carbons (Fsp3) is 0.130. The number of imide groups is 1. The third-order valence-corrected chi connectivity index (χ3v) is 6.33. The Labute approximate surface area is 192 Å². The van der Waals surface area contributed by atoms with Crippen molar-refractivity contribution in [1.29, 1.82) is 0 Å². The fourth-order valence-corrected chi connectivity index (χ4v) is 4.36. The molecule has 10 heteroatoms. The van der Waals surface area contributed by atoms with Crippen molar-refractivity contribution in [3.05, 3.63) is 65.3 Å². The largest absolute Gasteiger partial charge is 0.367 e. The van der Waals surface area contributed by atoms with Gasteiger partial charge in [0.25, 0.3) is 5.91 Å². The number of aromatic nitrogens is 3. The van der Waals surface area contributed by atoms with Gasteiger partial charge in [-0.15, -0.1) is 11.3 Å². The van der Waals surface area contributed by atoms with E-state index in [9.17, 15) is 9.59 Å². The third-order valence-electron chi connectivity index (χ3n) is 5.41. The highest BCUT2D eigenvalue weighted by Crippen LogP contribution is 2.30. The number of hydrogen-bond donors (Lipinski definition) is 4. The van der Waals surface area contributed by atoms with Crippen molar-refractivity contribution >= 4 is 52.3 Å². The molecule has 1 aliphatic carbocycles. The van der Waals surface area contributed by atoms with Gasteiger partial charge in [0.2, 0.25) is 0 Å². The maximum absolute atomic E-state index is 12.0. The summed E-state index contributed by atoms with van der Waals surface area (Å²) in [5, 5.41) is 18.1. The number of carbonyl (C=O) groups excluding carboxylic acids is 2. The molecule has 1 saturated carbocycles. The van der Waals surface area contributed by atoms with Gasteiger partial charge in [-0.05, 0) is 48.1 Å². The molecule has 0 atom stereocenters. The first-order valence-electron chi connectivity index (χ1n) is 10.5. The minimum atomic E-state index is -0.542. The van der Waals surface area contributed by atoms with Crippen molar-refractivity contribution in [2.24, 2.45) is 0 Å². The van der Waals surface area contributed by atoms with Crippen LogP contribution in [0.5, 0.6) is 0 Å². The molecule has 4 aromatic rings. The minimum Gasteiger partial charge on any atom is -0.367 e. The van der Waals surface area contributed by atoms with Crippen LogP contribution in [0.3, 0.4) is 0 Å². The summed E-state index contributed by atoms with van der Waals surface area (Å²) < 4.78 is 1.71. The first kappa shape index (κ1) is 19.5. The van der Waals surface area contributed by atoms with Crippen LogP contribution in [-0.4, -0.2) is 32.6 Å². The van der Waals surface area contributed by atoms with E-state index < -0.39 is 11.9 Å². The third kappa shape index (κ3) is 3.92. The van der Waals surface area contributed by atoms with Gasteiger partial charge < -0.3 is 16.0 Å². The van der Waals surface area contributed by atoms with E-state index in [1.165, 1.54) is 4.88 Å². The van der Waals surface area contributed by atoms with Crippen LogP contribution in [0, 0.1) is 0 Å². The number of nitrogens with zero attached hydrogens (tertiary/aromatic N) is 3. The molecular weight excluding hydrogens is 438 g/mol. The second-order valence-electron chi connectivity index (χ2n) is 7.93. The van der Waals surface area contributed by atoms with Gasteiger partial charge >= 0.3 is 6.03 Å². The molecule has 0 bridgehead atoms. The van der Waals surface area contributed by atoms with Crippen molar-refractivity contribution in [3.8, 4) is 10.4 Å². The first-order valence-corrected chi connectivity index (χ1v) is 11.4. The number of nitrogens with one attached hydrogen (secondary N) is 4. The summed E-state index contributed by atoms with van der Waals surface area (Å²) in [5.74, 6) is 0.982. The number of anilines is 3. The van der Waals surface area contributed by atoms with Gasteiger partial charge in [0.1, 0.15) is 17.3 Å². The summed E-state index contributed by atoms with van der Waals surface area (Å²) in [5.41, 5.74) is 3.43. The van der Waals surface area contributed by atoms with Gasteiger partial charge in [-0.1, -0.05) is 18.2 Å². The molecule has 33 heavy (non-hydrogen) atoms. The second kappa shape index (κ2) is 7.75. The van der Waals surface area contributed by atoms with Crippen molar-refractivity contribution in [2.75, 3.05) is 10.6 Å². The van der Waals surface area contributed by atoms with Gasteiger partial charge in [0, 0.05) is 28.2 Å². The molecule has 0 unspecified atom stereocenters. The SMILES string of the molecule is O=C1NC(=O)/C(=C/c2cnn3c(NC4CC4)cc(Nc4ccc(-c5cccs5)cc4)nc23)N1. The second-order valence-corrected chi connectivity index (χ2v) is 8.87. The van der Waals surface area contributed by atoms with E-state index in [1.54, 1.807) is 28.1 Å². The van der Waals surface area contributed by atoms with Crippen molar-refractivity contribution in [2.45, 2.75) is 18.9 Å². The van der Waals surface area contributed by atoms with Crippen LogP contribution in [0.2, 0.25) is 0 Å². The molecule has 2 aliphatic rings. The molecule has 0 radical (unpaired) electrons. The van der Waals surface area contributed by atoms with Crippen LogP contribution in [0.25, 0.3) is 22.2 Å². The van der Waals surface area contributed by atoms with Gasteiger partial charge in [0.15, 0.2) is 5.65 Å². The van der Waals surface area contributed by atoms with Crippen molar-refractivity contribution in [3.63, 3.8) is 0 Å². The van der Waals surface area contributed by atoms with Gasteiger partial charge in [-0.3, -0.25) is 10.1 Å². The highest BCUT2D eigenvalue weighted by molar-refractivity contribution is 7.13. The topological polar surface area (TPSA) is 112 Å². The Hall–Kier alpha value is -4.18. The van der Waals surface area contributed by atoms with Crippen LogP contribution in [0.1, 0.15) is 18.4 Å². The first-order chi connectivity index (χ1) is 16.1. The molecule has 1 aliphatic heterocycles. The number of amides is 3. The van der Waals surface area contributed by atoms with Gasteiger partial charge in [-0.2, -0.15) is 9.61 Å². The Balaban J connectivity index is 1.35. The number of benzene rings is 1. The Morgan fingerprint density at radius 3 is 2.67 bits per heavy atom. The van der Waals surface area contributed by atoms with E-state index in [1.807, 2.05) is 24.3 Å². The predicted octanol–water partition coefficient (Wildman–Crippen LogP) is 3.96. The van der Waals surface area contributed by atoms with Crippen LogP contribution in [0.4, 0.5) is 22.1 Å². The average molecular weight is 458 g/mol. The molecule has 9 nitrogen and oxygen atoms in total. The van der Waals surface area contributed by atoms with Crippen molar-refractivity contribution in [1.82, 2.24) is 25.2 Å². The Kier molecular flexibility index (Phi) is 4.58. The lowest BCUT2D eigenvalue weighted by molar-refractivity contribution is -0.115. The predicted molar refractivity (Wildman–Crippen MR) is 127 cm³/mol. The zero-order valence-corrected chi connectivity index (χ0v) is 18.1. The molecule has 3 amide bonds. The maximum atomic E-state index is 12.0. The number of hydrogen-bond acceptors (Lipinski definition) is 7.